The molecule has 0 unspecified atom stereocenters. The fraction of sp³-hybridized carbons (Fsp3) is 0.500. The van der Waals surface area contributed by atoms with Crippen LogP contribution >= 0.6 is 0 Å². The van der Waals surface area contributed by atoms with E-state index in [9.17, 15) is 14.4 Å². The van der Waals surface area contributed by atoms with E-state index < -0.39 is 5.60 Å². The highest BCUT2D eigenvalue weighted by atomic mass is 16.6. The molecular weight excluding hydrogens is 260 g/mol. The highest BCUT2D eigenvalue weighted by Crippen LogP contribution is 2.22. The Hall–Kier alpha value is -2.11. The molecule has 0 aliphatic carbocycles. The second-order valence-electron chi connectivity index (χ2n) is 5.83. The Balaban J connectivity index is 2.02. The zero-order valence-corrected chi connectivity index (χ0v) is 11.8. The molecule has 1 aromatic heterocycles. The van der Waals surface area contributed by atoms with Crippen LogP contribution in [0, 0.1) is 0 Å². The number of hydrogen-bond donors (Lipinski definition) is 0. The Morgan fingerprint density at radius 3 is 2.60 bits per heavy atom. The van der Waals surface area contributed by atoms with Gasteiger partial charge in [0.15, 0.2) is 6.29 Å². The summed E-state index contributed by atoms with van der Waals surface area (Å²) in [6.07, 6.45) is 1.79. The first kappa shape index (κ1) is 14.3. The van der Waals surface area contributed by atoms with E-state index in [0.29, 0.717) is 19.4 Å². The summed E-state index contributed by atoms with van der Waals surface area (Å²) in [5.41, 5.74) is -0.726. The van der Waals surface area contributed by atoms with Gasteiger partial charge < -0.3 is 14.2 Å². The molecule has 0 spiro atoms. The Morgan fingerprint density at radius 1 is 1.40 bits per heavy atom. The third-order valence-corrected chi connectivity index (χ3v) is 3.04. The number of nitrogens with zero attached hydrogens (tertiary/aromatic N) is 2. The molecule has 0 bridgehead atoms. The highest BCUT2D eigenvalue weighted by molar-refractivity contribution is 5.73. The lowest BCUT2D eigenvalue weighted by Crippen LogP contribution is -2.54. The number of likely N-dealkylation sites (tertiary alicyclic amines) is 1. The van der Waals surface area contributed by atoms with Crippen LogP contribution in [0.4, 0.5) is 4.79 Å². The van der Waals surface area contributed by atoms with Crippen molar-refractivity contribution in [3.05, 3.63) is 34.2 Å². The van der Waals surface area contributed by atoms with E-state index in [1.165, 1.54) is 15.5 Å². The summed E-state index contributed by atoms with van der Waals surface area (Å²) in [4.78, 5) is 36.0. The van der Waals surface area contributed by atoms with E-state index in [2.05, 4.69) is 0 Å². The smallest absolute Gasteiger partial charge is 0.410 e. The standard InChI is InChI=1S/C14H18N2O4/c1-14(2,3)20-13(19)15-7-11(8-15)16-6-4-5-10(9-17)12(16)18/h4-6,9,11H,7-8H2,1-3H3. The van der Waals surface area contributed by atoms with Crippen LogP contribution in [0.15, 0.2) is 23.1 Å². The van der Waals surface area contributed by atoms with Gasteiger partial charge in [-0.1, -0.05) is 0 Å². The maximum absolute atomic E-state index is 11.9. The van der Waals surface area contributed by atoms with Crippen molar-refractivity contribution in [2.24, 2.45) is 0 Å². The van der Waals surface area contributed by atoms with Gasteiger partial charge in [0.2, 0.25) is 0 Å². The maximum Gasteiger partial charge on any atom is 0.410 e. The predicted molar refractivity (Wildman–Crippen MR) is 72.9 cm³/mol. The van der Waals surface area contributed by atoms with Crippen molar-refractivity contribution < 1.29 is 14.3 Å². The van der Waals surface area contributed by atoms with E-state index >= 15 is 0 Å². The Morgan fingerprint density at radius 2 is 2.05 bits per heavy atom. The van der Waals surface area contributed by atoms with Crippen molar-refractivity contribution in [1.82, 2.24) is 9.47 Å². The molecule has 6 nitrogen and oxygen atoms in total. The van der Waals surface area contributed by atoms with Crippen LogP contribution in [0.25, 0.3) is 0 Å². The highest BCUT2D eigenvalue weighted by Gasteiger charge is 2.35. The molecule has 1 aromatic rings. The number of ether oxygens (including phenoxy) is 1. The molecule has 2 heterocycles. The minimum atomic E-state index is -0.531. The normalized spacial score (nSPS) is 15.7. The number of aldehydes is 1. The van der Waals surface area contributed by atoms with Crippen LogP contribution in [0.3, 0.4) is 0 Å². The number of hydrogen-bond acceptors (Lipinski definition) is 4. The molecule has 0 N–H and O–H groups in total. The van der Waals surface area contributed by atoms with E-state index in [-0.39, 0.29) is 23.3 Å². The third kappa shape index (κ3) is 2.89. The molecule has 1 aliphatic heterocycles. The molecule has 1 amide bonds. The number of amides is 1. The second-order valence-corrected chi connectivity index (χ2v) is 5.83. The van der Waals surface area contributed by atoms with Gasteiger partial charge in [-0.15, -0.1) is 0 Å². The van der Waals surface area contributed by atoms with Gasteiger partial charge in [0.05, 0.1) is 11.6 Å². The lowest BCUT2D eigenvalue weighted by atomic mass is 10.1. The van der Waals surface area contributed by atoms with Gasteiger partial charge in [0.1, 0.15) is 5.60 Å². The zero-order chi connectivity index (χ0) is 14.9. The average molecular weight is 278 g/mol. The quantitative estimate of drug-likeness (QED) is 0.768. The Kier molecular flexibility index (Phi) is 3.65. The van der Waals surface area contributed by atoms with Crippen molar-refractivity contribution >= 4 is 12.4 Å². The fourth-order valence-corrected chi connectivity index (χ4v) is 2.01. The lowest BCUT2D eigenvalue weighted by molar-refractivity contribution is 0.000622. The van der Waals surface area contributed by atoms with Gasteiger partial charge in [-0.05, 0) is 32.9 Å². The molecule has 6 heteroatoms. The summed E-state index contributed by atoms with van der Waals surface area (Å²) in [6, 6.07) is 3.03. The van der Waals surface area contributed by atoms with Crippen LogP contribution in [0.2, 0.25) is 0 Å². The van der Waals surface area contributed by atoms with Crippen LogP contribution < -0.4 is 5.56 Å². The molecule has 0 atom stereocenters. The van der Waals surface area contributed by atoms with E-state index in [1.54, 1.807) is 33.0 Å². The van der Waals surface area contributed by atoms with Gasteiger partial charge >= 0.3 is 6.09 Å². The summed E-state index contributed by atoms with van der Waals surface area (Å²) >= 11 is 0. The molecule has 108 valence electrons. The zero-order valence-electron chi connectivity index (χ0n) is 11.8. The summed E-state index contributed by atoms with van der Waals surface area (Å²) < 4.78 is 6.74. The Labute approximate surface area is 116 Å². The SMILES string of the molecule is CC(C)(C)OC(=O)N1CC(n2cccc(C=O)c2=O)C1. The van der Waals surface area contributed by atoms with Crippen LogP contribution in [0.1, 0.15) is 37.2 Å². The number of carbonyl (C=O) groups excluding carboxylic acids is 2. The first-order valence-corrected chi connectivity index (χ1v) is 6.46. The number of carbonyl (C=O) groups is 2. The minimum Gasteiger partial charge on any atom is -0.444 e. The monoisotopic (exact) mass is 278 g/mol. The molecule has 1 saturated heterocycles. The van der Waals surface area contributed by atoms with Crippen molar-refractivity contribution in [3.63, 3.8) is 0 Å². The van der Waals surface area contributed by atoms with Gasteiger partial charge in [-0.25, -0.2) is 4.79 Å². The summed E-state index contributed by atoms with van der Waals surface area (Å²) in [5.74, 6) is 0. The van der Waals surface area contributed by atoms with Crippen molar-refractivity contribution in [2.75, 3.05) is 13.1 Å². The second kappa shape index (κ2) is 5.11. The first-order valence-electron chi connectivity index (χ1n) is 6.46. The molecule has 2 rings (SSSR count). The van der Waals surface area contributed by atoms with Gasteiger partial charge in [0.25, 0.3) is 5.56 Å². The maximum atomic E-state index is 11.9. The summed E-state index contributed by atoms with van der Waals surface area (Å²) in [5, 5.41) is 0. The third-order valence-electron chi connectivity index (χ3n) is 3.04. The first-order chi connectivity index (χ1) is 9.31. The molecule has 20 heavy (non-hydrogen) atoms. The topological polar surface area (TPSA) is 68.6 Å². The van der Waals surface area contributed by atoms with Gasteiger partial charge in [-0.3, -0.25) is 9.59 Å². The number of aromatic nitrogens is 1. The van der Waals surface area contributed by atoms with Crippen molar-refractivity contribution in [1.29, 1.82) is 0 Å². The van der Waals surface area contributed by atoms with Crippen LogP contribution in [0.5, 0.6) is 0 Å². The fourth-order valence-electron chi connectivity index (χ4n) is 2.01. The number of rotatable bonds is 2. The van der Waals surface area contributed by atoms with E-state index in [0.717, 1.165) is 0 Å². The largest absolute Gasteiger partial charge is 0.444 e. The van der Waals surface area contributed by atoms with E-state index in [4.69, 9.17) is 4.74 Å². The van der Waals surface area contributed by atoms with Gasteiger partial charge in [0, 0.05) is 19.3 Å². The van der Waals surface area contributed by atoms with Crippen molar-refractivity contribution in [2.45, 2.75) is 32.4 Å². The minimum absolute atomic E-state index is 0.102. The molecule has 0 aromatic carbocycles. The molecule has 1 aliphatic rings. The van der Waals surface area contributed by atoms with E-state index in [1.807, 2.05) is 0 Å². The predicted octanol–water partition coefficient (Wildman–Crippen LogP) is 1.45. The molecule has 0 saturated carbocycles. The van der Waals surface area contributed by atoms with Gasteiger partial charge in [-0.2, -0.15) is 0 Å². The lowest BCUT2D eigenvalue weighted by Gasteiger charge is -2.40. The van der Waals surface area contributed by atoms with Crippen molar-refractivity contribution in [3.8, 4) is 0 Å². The van der Waals surface area contributed by atoms with Crippen LogP contribution in [-0.2, 0) is 4.74 Å². The number of pyridine rings is 1. The summed E-state index contributed by atoms with van der Waals surface area (Å²) in [6.45, 7) is 6.24. The summed E-state index contributed by atoms with van der Waals surface area (Å²) in [7, 11) is 0. The average Bonchev–Trinajstić information content (AvgIpc) is 2.27. The Bertz CT molecular complexity index is 580. The van der Waals surface area contributed by atoms with Crippen LogP contribution in [-0.4, -0.2) is 40.5 Å². The molecular formula is C14H18N2O4. The molecule has 1 fully saturated rings. The molecule has 0 radical (unpaired) electrons.